The Hall–Kier alpha value is -2.31. The third-order valence-corrected chi connectivity index (χ3v) is 7.36. The monoisotopic (exact) mass is 487 g/mol. The first-order chi connectivity index (χ1) is 16.4. The topological polar surface area (TPSA) is 53.6 Å². The summed E-state index contributed by atoms with van der Waals surface area (Å²) in [5.74, 6) is 0.951. The smallest absolute Gasteiger partial charge is 0.319 e. The summed E-state index contributed by atoms with van der Waals surface area (Å²) < 4.78 is 19.2. The Labute approximate surface area is 207 Å². The Bertz CT molecular complexity index is 939. The van der Waals surface area contributed by atoms with Crippen LogP contribution in [0, 0.1) is 18.7 Å². The summed E-state index contributed by atoms with van der Waals surface area (Å²) >= 11 is 6.09. The number of nitrogens with zero attached hydrogens (tertiary/aromatic N) is 1. The van der Waals surface area contributed by atoms with Crippen LogP contribution >= 0.6 is 11.6 Å². The minimum Gasteiger partial charge on any atom is -0.489 e. The number of urea groups is 1. The predicted molar refractivity (Wildman–Crippen MR) is 135 cm³/mol. The van der Waals surface area contributed by atoms with E-state index in [4.69, 9.17) is 16.3 Å². The van der Waals surface area contributed by atoms with Crippen LogP contribution in [-0.4, -0.2) is 42.7 Å². The molecule has 184 valence electrons. The molecule has 0 aromatic heterocycles. The van der Waals surface area contributed by atoms with E-state index in [-0.39, 0.29) is 24.0 Å². The second-order valence-electron chi connectivity index (χ2n) is 9.70. The Kier molecular flexibility index (Phi) is 8.68. The van der Waals surface area contributed by atoms with E-state index < -0.39 is 0 Å². The number of aryl methyl sites for hydroxylation is 1. The number of hydrogen-bond acceptors (Lipinski definition) is 3. The number of benzene rings is 2. The second kappa shape index (κ2) is 11.9. The minimum atomic E-state index is -0.345. The highest BCUT2D eigenvalue weighted by Crippen LogP contribution is 2.30. The first-order valence-corrected chi connectivity index (χ1v) is 12.8. The molecule has 1 heterocycles. The van der Waals surface area contributed by atoms with E-state index in [9.17, 15) is 9.18 Å². The third kappa shape index (κ3) is 7.34. The molecule has 2 amide bonds. The molecule has 1 aliphatic carbocycles. The van der Waals surface area contributed by atoms with Crippen LogP contribution in [0.4, 0.5) is 14.9 Å². The first kappa shape index (κ1) is 24.8. The van der Waals surface area contributed by atoms with Gasteiger partial charge in [0.1, 0.15) is 17.7 Å². The molecular weight excluding hydrogens is 453 g/mol. The molecule has 2 aromatic carbocycles. The van der Waals surface area contributed by atoms with Crippen molar-refractivity contribution >= 4 is 23.3 Å². The average molecular weight is 488 g/mol. The summed E-state index contributed by atoms with van der Waals surface area (Å²) in [5, 5.41) is 6.40. The highest BCUT2D eigenvalue weighted by atomic mass is 35.5. The summed E-state index contributed by atoms with van der Waals surface area (Å²) in [4.78, 5) is 14.8. The number of ether oxygens (including phenoxy) is 1. The van der Waals surface area contributed by atoms with Crippen LogP contribution < -0.4 is 15.4 Å². The molecule has 2 aromatic rings. The molecule has 7 heteroatoms. The van der Waals surface area contributed by atoms with Gasteiger partial charge < -0.3 is 20.3 Å². The quantitative estimate of drug-likeness (QED) is 0.475. The molecule has 1 aliphatic heterocycles. The van der Waals surface area contributed by atoms with E-state index in [2.05, 4.69) is 15.5 Å². The summed E-state index contributed by atoms with van der Waals surface area (Å²) in [6, 6.07) is 12.3. The van der Waals surface area contributed by atoms with Gasteiger partial charge in [0.15, 0.2) is 0 Å². The molecule has 4 rings (SSSR count). The van der Waals surface area contributed by atoms with Gasteiger partial charge in [-0.2, -0.15) is 0 Å². The van der Waals surface area contributed by atoms with Crippen LogP contribution in [0.15, 0.2) is 42.5 Å². The van der Waals surface area contributed by atoms with Crippen LogP contribution in [0.25, 0.3) is 0 Å². The Morgan fingerprint density at radius 1 is 1.06 bits per heavy atom. The lowest BCUT2D eigenvalue weighted by molar-refractivity contribution is 0.0950. The molecule has 1 saturated heterocycles. The largest absolute Gasteiger partial charge is 0.489 e. The van der Waals surface area contributed by atoms with Crippen molar-refractivity contribution in [2.24, 2.45) is 5.92 Å². The summed E-state index contributed by atoms with van der Waals surface area (Å²) in [6.45, 7) is 5.17. The second-order valence-corrected chi connectivity index (χ2v) is 10.1. The highest BCUT2D eigenvalue weighted by molar-refractivity contribution is 6.32. The zero-order valence-electron chi connectivity index (χ0n) is 19.9. The molecule has 0 bridgehead atoms. The number of likely N-dealkylation sites (tertiary alicyclic amines) is 1. The Morgan fingerprint density at radius 2 is 1.76 bits per heavy atom. The normalized spacial score (nSPS) is 21.7. The fraction of sp³-hybridized carbons (Fsp3) is 0.519. The zero-order chi connectivity index (χ0) is 23.9. The van der Waals surface area contributed by atoms with Crippen LogP contribution in [0.2, 0.25) is 5.02 Å². The Balaban J connectivity index is 1.10. The van der Waals surface area contributed by atoms with Gasteiger partial charge in [0.25, 0.3) is 0 Å². The van der Waals surface area contributed by atoms with Crippen molar-refractivity contribution in [2.45, 2.75) is 64.0 Å². The summed E-state index contributed by atoms with van der Waals surface area (Å²) in [5.41, 5.74) is 2.00. The van der Waals surface area contributed by atoms with Gasteiger partial charge >= 0.3 is 6.03 Å². The predicted octanol–water partition coefficient (Wildman–Crippen LogP) is 6.40. The van der Waals surface area contributed by atoms with Crippen molar-refractivity contribution in [3.8, 4) is 5.75 Å². The zero-order valence-corrected chi connectivity index (χ0v) is 20.6. The molecule has 0 spiro atoms. The molecular formula is C27H35ClFN3O2. The van der Waals surface area contributed by atoms with E-state index in [1.165, 1.54) is 24.1 Å². The summed E-state index contributed by atoms with van der Waals surface area (Å²) in [6.07, 6.45) is 7.67. The number of piperidine rings is 1. The molecule has 2 aliphatic rings. The maximum Gasteiger partial charge on any atom is 0.319 e. The number of halogens is 2. The van der Waals surface area contributed by atoms with Crippen molar-refractivity contribution in [3.05, 3.63) is 58.9 Å². The van der Waals surface area contributed by atoms with E-state index in [1.54, 1.807) is 6.07 Å². The lowest BCUT2D eigenvalue weighted by Crippen LogP contribution is -2.41. The molecule has 2 N–H and O–H groups in total. The summed E-state index contributed by atoms with van der Waals surface area (Å²) in [7, 11) is 0. The van der Waals surface area contributed by atoms with Crippen LogP contribution in [0.1, 0.15) is 50.5 Å². The van der Waals surface area contributed by atoms with Crippen molar-refractivity contribution in [3.63, 3.8) is 0 Å². The first-order valence-electron chi connectivity index (χ1n) is 12.4. The average Bonchev–Trinajstić information content (AvgIpc) is 2.83. The van der Waals surface area contributed by atoms with E-state index >= 15 is 0 Å². The van der Waals surface area contributed by atoms with Gasteiger partial charge in [0, 0.05) is 24.8 Å². The maximum atomic E-state index is 13.2. The molecule has 0 atom stereocenters. The lowest BCUT2D eigenvalue weighted by Gasteiger charge is -2.34. The molecule has 34 heavy (non-hydrogen) atoms. The van der Waals surface area contributed by atoms with E-state index in [0.717, 1.165) is 69.8 Å². The van der Waals surface area contributed by atoms with Crippen LogP contribution in [0.5, 0.6) is 5.75 Å². The number of hydrogen-bond donors (Lipinski definition) is 2. The number of rotatable bonds is 7. The fourth-order valence-electron chi connectivity index (χ4n) is 4.95. The minimum absolute atomic E-state index is 0.112. The van der Waals surface area contributed by atoms with Gasteiger partial charge in [-0.3, -0.25) is 0 Å². The standard InChI is InChI=1S/C27H35ClFN3O2/c1-19-2-7-22(8-3-19)30-27(33)31-23-9-4-20(5-10-23)12-15-32-16-13-24(14-17-32)34-26-11-6-21(29)18-25(26)28/h2-3,6-8,11,18,20,23-24H,4-5,9-10,12-17H2,1H3,(H2,30,31,33). The maximum absolute atomic E-state index is 13.2. The number of nitrogens with one attached hydrogen (secondary N) is 2. The lowest BCUT2D eigenvalue weighted by atomic mass is 9.84. The third-order valence-electron chi connectivity index (χ3n) is 7.07. The molecule has 0 radical (unpaired) electrons. The molecule has 2 fully saturated rings. The SMILES string of the molecule is Cc1ccc(NC(=O)NC2CCC(CCN3CCC(Oc4ccc(F)cc4Cl)CC3)CC2)cc1. The van der Waals surface area contributed by atoms with E-state index in [1.807, 2.05) is 31.2 Å². The van der Waals surface area contributed by atoms with Gasteiger partial charge in [0.05, 0.1) is 5.02 Å². The van der Waals surface area contributed by atoms with Crippen LogP contribution in [0.3, 0.4) is 0 Å². The number of amides is 2. The molecule has 0 unspecified atom stereocenters. The number of anilines is 1. The van der Waals surface area contributed by atoms with Crippen molar-refractivity contribution < 1.29 is 13.9 Å². The number of carbonyl (C=O) groups excluding carboxylic acids is 1. The van der Waals surface area contributed by atoms with Gasteiger partial charge in [0.2, 0.25) is 0 Å². The number of carbonyl (C=O) groups is 1. The van der Waals surface area contributed by atoms with Crippen molar-refractivity contribution in [1.82, 2.24) is 10.2 Å². The molecule has 5 nitrogen and oxygen atoms in total. The Morgan fingerprint density at radius 3 is 2.44 bits per heavy atom. The highest BCUT2D eigenvalue weighted by Gasteiger charge is 2.25. The van der Waals surface area contributed by atoms with Gasteiger partial charge in [-0.25, -0.2) is 9.18 Å². The molecule has 1 saturated carbocycles. The van der Waals surface area contributed by atoms with Crippen molar-refractivity contribution in [2.75, 3.05) is 25.0 Å². The van der Waals surface area contributed by atoms with Gasteiger partial charge in [-0.05, 0) is 94.7 Å². The fourth-order valence-corrected chi connectivity index (χ4v) is 5.16. The van der Waals surface area contributed by atoms with E-state index in [0.29, 0.717) is 10.8 Å². The van der Waals surface area contributed by atoms with Crippen molar-refractivity contribution in [1.29, 1.82) is 0 Å². The van der Waals surface area contributed by atoms with Gasteiger partial charge in [-0.15, -0.1) is 0 Å². The van der Waals surface area contributed by atoms with Gasteiger partial charge in [-0.1, -0.05) is 29.3 Å². The van der Waals surface area contributed by atoms with Crippen LogP contribution in [-0.2, 0) is 0 Å².